The molecule has 0 saturated carbocycles. The van der Waals surface area contributed by atoms with Crippen LogP contribution in [-0.4, -0.2) is 4.57 Å². The third kappa shape index (κ3) is 3.14. The number of rotatable bonds is 4. The van der Waals surface area contributed by atoms with Gasteiger partial charge in [-0.1, -0.05) is 32.9 Å². The van der Waals surface area contributed by atoms with E-state index in [1.165, 1.54) is 29.3 Å². The standard InChI is InChI=1S/C16H24N2/c1-16(2,3)8-4-9-18-10-7-14-6-5-13(12-17)11-15(14)18/h5-7,10-11H,4,8-9,12,17H2,1-3H3. The lowest BCUT2D eigenvalue weighted by Gasteiger charge is -2.18. The number of benzene rings is 1. The fraction of sp³-hybridized carbons (Fsp3) is 0.500. The van der Waals surface area contributed by atoms with Crippen LogP contribution in [0.3, 0.4) is 0 Å². The van der Waals surface area contributed by atoms with Crippen molar-refractivity contribution in [3.8, 4) is 0 Å². The van der Waals surface area contributed by atoms with Gasteiger partial charge in [0, 0.05) is 24.8 Å². The second-order valence-corrected chi connectivity index (χ2v) is 6.27. The number of nitrogens with two attached hydrogens (primary N) is 1. The van der Waals surface area contributed by atoms with Crippen molar-refractivity contribution < 1.29 is 0 Å². The van der Waals surface area contributed by atoms with Crippen molar-refractivity contribution in [3.05, 3.63) is 36.0 Å². The van der Waals surface area contributed by atoms with Crippen LogP contribution in [0.4, 0.5) is 0 Å². The molecule has 1 aromatic heterocycles. The summed E-state index contributed by atoms with van der Waals surface area (Å²) in [7, 11) is 0. The fourth-order valence-corrected chi connectivity index (χ4v) is 2.33. The quantitative estimate of drug-likeness (QED) is 0.868. The molecule has 1 aromatic carbocycles. The first kappa shape index (κ1) is 13.2. The summed E-state index contributed by atoms with van der Waals surface area (Å²) in [6.07, 6.45) is 4.66. The van der Waals surface area contributed by atoms with Crippen LogP contribution in [0, 0.1) is 5.41 Å². The highest BCUT2D eigenvalue weighted by Gasteiger charge is 2.09. The molecule has 0 radical (unpaired) electrons. The molecule has 0 aliphatic rings. The highest BCUT2D eigenvalue weighted by molar-refractivity contribution is 5.80. The largest absolute Gasteiger partial charge is 0.347 e. The van der Waals surface area contributed by atoms with Crippen LogP contribution in [0.1, 0.15) is 39.2 Å². The van der Waals surface area contributed by atoms with Gasteiger partial charge in [0.2, 0.25) is 0 Å². The second kappa shape index (κ2) is 5.15. The maximum Gasteiger partial charge on any atom is 0.0483 e. The minimum absolute atomic E-state index is 0.422. The Kier molecular flexibility index (Phi) is 3.76. The van der Waals surface area contributed by atoms with Gasteiger partial charge in [-0.25, -0.2) is 0 Å². The van der Waals surface area contributed by atoms with Gasteiger partial charge < -0.3 is 10.3 Å². The monoisotopic (exact) mass is 244 g/mol. The van der Waals surface area contributed by atoms with Gasteiger partial charge in [0.05, 0.1) is 0 Å². The van der Waals surface area contributed by atoms with Crippen LogP contribution in [0.15, 0.2) is 30.5 Å². The van der Waals surface area contributed by atoms with Crippen LogP contribution in [0.2, 0.25) is 0 Å². The number of hydrogen-bond acceptors (Lipinski definition) is 1. The number of hydrogen-bond donors (Lipinski definition) is 1. The molecule has 2 aromatic rings. The molecular weight excluding hydrogens is 220 g/mol. The zero-order valence-corrected chi connectivity index (χ0v) is 11.7. The minimum atomic E-state index is 0.422. The molecule has 0 spiro atoms. The molecule has 2 N–H and O–H groups in total. The zero-order valence-electron chi connectivity index (χ0n) is 11.7. The van der Waals surface area contributed by atoms with Gasteiger partial charge in [0.1, 0.15) is 0 Å². The van der Waals surface area contributed by atoms with Gasteiger partial charge in [0.15, 0.2) is 0 Å². The second-order valence-electron chi connectivity index (χ2n) is 6.27. The molecule has 2 heteroatoms. The van der Waals surface area contributed by atoms with Crippen LogP contribution in [-0.2, 0) is 13.1 Å². The summed E-state index contributed by atoms with van der Waals surface area (Å²) in [6.45, 7) is 8.60. The summed E-state index contributed by atoms with van der Waals surface area (Å²) in [4.78, 5) is 0. The van der Waals surface area contributed by atoms with Crippen LogP contribution in [0.25, 0.3) is 10.9 Å². The van der Waals surface area contributed by atoms with E-state index in [0.717, 1.165) is 6.54 Å². The van der Waals surface area contributed by atoms with E-state index in [9.17, 15) is 0 Å². The topological polar surface area (TPSA) is 30.9 Å². The van der Waals surface area contributed by atoms with E-state index >= 15 is 0 Å². The van der Waals surface area contributed by atoms with Gasteiger partial charge in [-0.15, -0.1) is 0 Å². The van der Waals surface area contributed by atoms with Gasteiger partial charge >= 0.3 is 0 Å². The van der Waals surface area contributed by atoms with Crippen molar-refractivity contribution in [3.63, 3.8) is 0 Å². The van der Waals surface area contributed by atoms with E-state index < -0.39 is 0 Å². The highest BCUT2D eigenvalue weighted by Crippen LogP contribution is 2.23. The molecule has 2 rings (SSSR count). The molecular formula is C16H24N2. The van der Waals surface area contributed by atoms with Crippen LogP contribution >= 0.6 is 0 Å². The van der Waals surface area contributed by atoms with Gasteiger partial charge in [0.25, 0.3) is 0 Å². The fourth-order valence-electron chi connectivity index (χ4n) is 2.33. The summed E-state index contributed by atoms with van der Waals surface area (Å²) < 4.78 is 2.35. The van der Waals surface area contributed by atoms with Gasteiger partial charge in [-0.05, 0) is 41.3 Å². The number of fused-ring (bicyclic) bond motifs is 1. The van der Waals surface area contributed by atoms with E-state index in [2.05, 4.69) is 55.8 Å². The Morgan fingerprint density at radius 2 is 1.94 bits per heavy atom. The first-order chi connectivity index (χ1) is 8.49. The van der Waals surface area contributed by atoms with Crippen molar-refractivity contribution in [2.24, 2.45) is 11.1 Å². The summed E-state index contributed by atoms with van der Waals surface area (Å²) in [6, 6.07) is 8.68. The molecule has 0 unspecified atom stereocenters. The first-order valence-electron chi connectivity index (χ1n) is 6.77. The van der Waals surface area contributed by atoms with Crippen LogP contribution < -0.4 is 5.73 Å². The Morgan fingerprint density at radius 1 is 1.17 bits per heavy atom. The third-order valence-corrected chi connectivity index (χ3v) is 3.40. The smallest absolute Gasteiger partial charge is 0.0483 e. The highest BCUT2D eigenvalue weighted by atomic mass is 14.9. The molecule has 98 valence electrons. The van der Waals surface area contributed by atoms with Crippen molar-refractivity contribution in [2.75, 3.05) is 0 Å². The lowest BCUT2D eigenvalue weighted by Crippen LogP contribution is -2.07. The summed E-state index contributed by atoms with van der Waals surface area (Å²) in [5, 5.41) is 1.31. The lowest BCUT2D eigenvalue weighted by atomic mass is 9.91. The van der Waals surface area contributed by atoms with E-state index in [0.29, 0.717) is 12.0 Å². The maximum atomic E-state index is 5.71. The Labute approximate surface area is 110 Å². The number of aryl methyl sites for hydroxylation is 1. The van der Waals surface area contributed by atoms with Gasteiger partial charge in [-0.3, -0.25) is 0 Å². The van der Waals surface area contributed by atoms with E-state index in [1.54, 1.807) is 0 Å². The first-order valence-corrected chi connectivity index (χ1v) is 6.77. The Morgan fingerprint density at radius 3 is 2.61 bits per heavy atom. The average molecular weight is 244 g/mol. The number of aromatic nitrogens is 1. The molecule has 18 heavy (non-hydrogen) atoms. The van der Waals surface area contributed by atoms with Gasteiger partial charge in [-0.2, -0.15) is 0 Å². The van der Waals surface area contributed by atoms with Crippen molar-refractivity contribution in [1.82, 2.24) is 4.57 Å². The van der Waals surface area contributed by atoms with E-state index in [4.69, 9.17) is 5.73 Å². The minimum Gasteiger partial charge on any atom is -0.347 e. The Balaban J connectivity index is 2.13. The van der Waals surface area contributed by atoms with Crippen LogP contribution in [0.5, 0.6) is 0 Å². The normalized spacial score (nSPS) is 12.2. The number of nitrogens with zero attached hydrogens (tertiary/aromatic N) is 1. The van der Waals surface area contributed by atoms with E-state index in [1.807, 2.05) is 0 Å². The Bertz CT molecular complexity index is 517. The van der Waals surface area contributed by atoms with E-state index in [-0.39, 0.29) is 0 Å². The predicted octanol–water partition coefficient (Wildman–Crippen LogP) is 3.93. The SMILES string of the molecule is CC(C)(C)CCCn1ccc2ccc(CN)cc21. The molecule has 0 aliphatic carbocycles. The summed E-state index contributed by atoms with van der Waals surface area (Å²) in [5.41, 5.74) is 8.65. The predicted molar refractivity (Wildman–Crippen MR) is 78.5 cm³/mol. The molecule has 2 nitrogen and oxygen atoms in total. The average Bonchev–Trinajstić information content (AvgIpc) is 2.70. The summed E-state index contributed by atoms with van der Waals surface area (Å²) in [5.74, 6) is 0. The third-order valence-electron chi connectivity index (χ3n) is 3.40. The van der Waals surface area contributed by atoms with Crippen molar-refractivity contribution >= 4 is 10.9 Å². The molecule has 0 aliphatic heterocycles. The molecule has 0 saturated heterocycles. The molecule has 0 bridgehead atoms. The molecule has 0 atom stereocenters. The zero-order chi connectivity index (χ0) is 13.2. The van der Waals surface area contributed by atoms with Crippen molar-refractivity contribution in [2.45, 2.75) is 46.7 Å². The maximum absolute atomic E-state index is 5.71. The van der Waals surface area contributed by atoms with Crippen molar-refractivity contribution in [1.29, 1.82) is 0 Å². The Hall–Kier alpha value is -1.28. The molecule has 0 amide bonds. The molecule has 1 heterocycles. The molecule has 0 fully saturated rings. The summed E-state index contributed by atoms with van der Waals surface area (Å²) >= 11 is 0. The lowest BCUT2D eigenvalue weighted by molar-refractivity contribution is 0.355.